The largest absolute Gasteiger partial charge is 0.496 e. The molecule has 0 heterocycles. The lowest BCUT2D eigenvalue weighted by molar-refractivity contribution is -0.137. The molecule has 1 N–H and O–H groups in total. The average molecular weight is 280 g/mol. The van der Waals surface area contributed by atoms with E-state index in [0.29, 0.717) is 18.1 Å². The van der Waals surface area contributed by atoms with Crippen LogP contribution in [0.25, 0.3) is 0 Å². The van der Waals surface area contributed by atoms with E-state index in [1.54, 1.807) is 21.3 Å². The van der Waals surface area contributed by atoms with E-state index in [2.05, 4.69) is 0 Å². The van der Waals surface area contributed by atoms with E-state index in [1.165, 1.54) is 0 Å². The van der Waals surface area contributed by atoms with Crippen molar-refractivity contribution >= 4 is 5.97 Å². The maximum Gasteiger partial charge on any atom is 0.304 e. The van der Waals surface area contributed by atoms with Crippen molar-refractivity contribution in [2.24, 2.45) is 0 Å². The predicted octanol–water partition coefficient (Wildman–Crippen LogP) is 2.36. The van der Waals surface area contributed by atoms with Crippen LogP contribution in [0.2, 0.25) is 0 Å². The molecule has 0 bridgehead atoms. The van der Waals surface area contributed by atoms with Gasteiger partial charge in [0.15, 0.2) is 0 Å². The Morgan fingerprint density at radius 1 is 1.20 bits per heavy atom. The number of carboxylic acid groups (broad SMARTS) is 1. The average Bonchev–Trinajstić information content (AvgIpc) is 3.19. The van der Waals surface area contributed by atoms with E-state index >= 15 is 0 Å². The molecule has 0 aromatic heterocycles. The molecule has 0 atom stereocenters. The zero-order valence-corrected chi connectivity index (χ0v) is 12.1. The Morgan fingerprint density at radius 2 is 1.75 bits per heavy atom. The number of aliphatic carboxylic acids is 1. The summed E-state index contributed by atoms with van der Waals surface area (Å²) in [7, 11) is 4.79. The Labute approximate surface area is 118 Å². The summed E-state index contributed by atoms with van der Waals surface area (Å²) in [6, 6.07) is 3.82. The second-order valence-electron chi connectivity index (χ2n) is 5.14. The maximum atomic E-state index is 11.0. The quantitative estimate of drug-likeness (QED) is 0.830. The van der Waals surface area contributed by atoms with E-state index in [0.717, 1.165) is 24.0 Å². The lowest BCUT2D eigenvalue weighted by Gasteiger charge is -2.19. The van der Waals surface area contributed by atoms with Crippen LogP contribution in [0.15, 0.2) is 12.1 Å². The molecule has 5 heteroatoms. The molecule has 5 nitrogen and oxygen atoms in total. The van der Waals surface area contributed by atoms with Crippen LogP contribution in [0.4, 0.5) is 0 Å². The summed E-state index contributed by atoms with van der Waals surface area (Å²) in [5, 5.41) is 9.06. The van der Waals surface area contributed by atoms with Crippen LogP contribution < -0.4 is 9.47 Å². The summed E-state index contributed by atoms with van der Waals surface area (Å²) in [6.07, 6.45) is 1.91. The minimum Gasteiger partial charge on any atom is -0.496 e. The van der Waals surface area contributed by atoms with Crippen LogP contribution >= 0.6 is 0 Å². The van der Waals surface area contributed by atoms with Gasteiger partial charge in [0.2, 0.25) is 0 Å². The minimum absolute atomic E-state index is 0.142. The predicted molar refractivity (Wildman–Crippen MR) is 73.4 cm³/mol. The van der Waals surface area contributed by atoms with Gasteiger partial charge < -0.3 is 19.3 Å². The second kappa shape index (κ2) is 5.71. The summed E-state index contributed by atoms with van der Waals surface area (Å²) in [5.41, 5.74) is 1.54. The summed E-state index contributed by atoms with van der Waals surface area (Å²) in [5.74, 6) is 0.581. The molecule has 20 heavy (non-hydrogen) atoms. The number of hydrogen-bond donors (Lipinski definition) is 1. The molecular formula is C15H20O5. The van der Waals surface area contributed by atoms with Crippen molar-refractivity contribution in [1.82, 2.24) is 0 Å². The zero-order valence-electron chi connectivity index (χ0n) is 12.1. The van der Waals surface area contributed by atoms with Crippen LogP contribution in [0, 0.1) is 0 Å². The first kappa shape index (κ1) is 14.7. The number of methoxy groups -OCH3 is 3. The molecule has 1 aliphatic rings. The Morgan fingerprint density at radius 3 is 2.10 bits per heavy atom. The van der Waals surface area contributed by atoms with Gasteiger partial charge in [-0.2, -0.15) is 0 Å². The molecule has 0 saturated heterocycles. The Hall–Kier alpha value is -1.75. The highest BCUT2D eigenvalue weighted by atomic mass is 16.5. The molecule has 1 aromatic carbocycles. The van der Waals surface area contributed by atoms with Crippen LogP contribution in [-0.4, -0.2) is 32.4 Å². The number of benzene rings is 1. The van der Waals surface area contributed by atoms with Crippen molar-refractivity contribution in [2.75, 3.05) is 21.3 Å². The smallest absolute Gasteiger partial charge is 0.304 e. The first-order chi connectivity index (χ1) is 9.56. The fourth-order valence-corrected chi connectivity index (χ4v) is 2.58. The molecule has 1 fully saturated rings. The number of hydrogen-bond acceptors (Lipinski definition) is 4. The van der Waals surface area contributed by atoms with Crippen molar-refractivity contribution in [3.05, 3.63) is 23.3 Å². The van der Waals surface area contributed by atoms with Gasteiger partial charge in [-0.05, 0) is 30.5 Å². The van der Waals surface area contributed by atoms with Gasteiger partial charge in [0.05, 0.1) is 32.8 Å². The topological polar surface area (TPSA) is 65.0 Å². The van der Waals surface area contributed by atoms with Crippen LogP contribution in [-0.2, 0) is 21.6 Å². The van der Waals surface area contributed by atoms with Crippen molar-refractivity contribution in [1.29, 1.82) is 0 Å². The summed E-state index contributed by atoms with van der Waals surface area (Å²) in [6.45, 7) is 0.387. The Bertz CT molecular complexity index is 480. The van der Waals surface area contributed by atoms with E-state index < -0.39 is 5.97 Å². The number of ether oxygens (including phenoxy) is 3. The van der Waals surface area contributed by atoms with Gasteiger partial charge >= 0.3 is 5.97 Å². The molecule has 1 saturated carbocycles. The maximum absolute atomic E-state index is 11.0. The Balaban J connectivity index is 2.43. The monoisotopic (exact) mass is 280 g/mol. The molecule has 0 amide bonds. The normalized spacial score (nSPS) is 15.8. The van der Waals surface area contributed by atoms with Gasteiger partial charge in [-0.1, -0.05) is 0 Å². The molecule has 1 aromatic rings. The van der Waals surface area contributed by atoms with E-state index in [-0.39, 0.29) is 11.8 Å². The van der Waals surface area contributed by atoms with Crippen molar-refractivity contribution in [3.63, 3.8) is 0 Å². The van der Waals surface area contributed by atoms with Crippen molar-refractivity contribution in [2.45, 2.75) is 31.3 Å². The number of carbonyl (C=O) groups is 1. The molecule has 0 radical (unpaired) electrons. The minimum atomic E-state index is -0.776. The third-order valence-electron chi connectivity index (χ3n) is 3.85. The van der Waals surface area contributed by atoms with E-state index in [4.69, 9.17) is 19.3 Å². The van der Waals surface area contributed by atoms with E-state index in [1.807, 2.05) is 12.1 Å². The SMILES string of the molecule is COCc1c(OC)cc(C2(CC(=O)O)CC2)cc1OC. The molecule has 110 valence electrons. The molecule has 0 aliphatic heterocycles. The molecular weight excluding hydrogens is 260 g/mol. The van der Waals surface area contributed by atoms with Crippen LogP contribution in [0.1, 0.15) is 30.4 Å². The van der Waals surface area contributed by atoms with Gasteiger partial charge in [0.1, 0.15) is 11.5 Å². The summed E-state index contributed by atoms with van der Waals surface area (Å²) in [4.78, 5) is 11.0. The first-order valence-corrected chi connectivity index (χ1v) is 6.52. The molecule has 0 unspecified atom stereocenters. The fourth-order valence-electron chi connectivity index (χ4n) is 2.58. The van der Waals surface area contributed by atoms with Crippen molar-refractivity contribution in [3.8, 4) is 11.5 Å². The van der Waals surface area contributed by atoms with Gasteiger partial charge in [-0.15, -0.1) is 0 Å². The highest BCUT2D eigenvalue weighted by Gasteiger charge is 2.46. The zero-order chi connectivity index (χ0) is 14.8. The lowest BCUT2D eigenvalue weighted by Crippen LogP contribution is -2.14. The van der Waals surface area contributed by atoms with Crippen LogP contribution in [0.5, 0.6) is 11.5 Å². The first-order valence-electron chi connectivity index (χ1n) is 6.52. The molecule has 2 rings (SSSR count). The van der Waals surface area contributed by atoms with Gasteiger partial charge in [-0.3, -0.25) is 4.79 Å². The highest BCUT2D eigenvalue weighted by molar-refractivity contribution is 5.70. The molecule has 1 aliphatic carbocycles. The fraction of sp³-hybridized carbons (Fsp3) is 0.533. The lowest BCUT2D eigenvalue weighted by atomic mass is 9.91. The standard InChI is InChI=1S/C15H20O5/c1-18-9-11-12(19-2)6-10(7-13(11)20-3)15(4-5-15)8-14(16)17/h6-7H,4-5,8-9H2,1-3H3,(H,16,17). The van der Waals surface area contributed by atoms with Gasteiger partial charge in [0.25, 0.3) is 0 Å². The summed E-state index contributed by atoms with van der Waals surface area (Å²) >= 11 is 0. The third kappa shape index (κ3) is 2.72. The Kier molecular flexibility index (Phi) is 4.18. The van der Waals surface area contributed by atoms with Crippen LogP contribution in [0.3, 0.4) is 0 Å². The van der Waals surface area contributed by atoms with Crippen molar-refractivity contribution < 1.29 is 24.1 Å². The van der Waals surface area contributed by atoms with E-state index in [9.17, 15) is 4.79 Å². The summed E-state index contributed by atoms with van der Waals surface area (Å²) < 4.78 is 16.0. The number of rotatable bonds is 7. The third-order valence-corrected chi connectivity index (χ3v) is 3.85. The van der Waals surface area contributed by atoms with Gasteiger partial charge in [-0.25, -0.2) is 0 Å². The van der Waals surface area contributed by atoms with Gasteiger partial charge in [0, 0.05) is 12.5 Å². The number of carboxylic acids is 1. The molecule has 0 spiro atoms. The second-order valence-corrected chi connectivity index (χ2v) is 5.14. The highest BCUT2D eigenvalue weighted by Crippen LogP contribution is 2.53.